The Morgan fingerprint density at radius 3 is 2.86 bits per heavy atom. The van der Waals surface area contributed by atoms with Crippen LogP contribution in [0.4, 0.5) is 11.5 Å². The van der Waals surface area contributed by atoms with E-state index in [0.29, 0.717) is 24.3 Å². The maximum absolute atomic E-state index is 12.2. The van der Waals surface area contributed by atoms with E-state index < -0.39 is 0 Å². The fourth-order valence-corrected chi connectivity index (χ4v) is 2.66. The molecule has 0 fully saturated rings. The average molecular weight is 298 g/mol. The molecule has 6 nitrogen and oxygen atoms in total. The Labute approximate surface area is 128 Å². The Bertz CT molecular complexity index is 735. The van der Waals surface area contributed by atoms with Crippen LogP contribution in [0.2, 0.25) is 0 Å². The van der Waals surface area contributed by atoms with Crippen molar-refractivity contribution in [1.82, 2.24) is 10.2 Å². The molecule has 0 radical (unpaired) electrons. The molecule has 2 N–H and O–H groups in total. The Kier molecular flexibility index (Phi) is 3.66. The van der Waals surface area contributed by atoms with Gasteiger partial charge >= 0.3 is 0 Å². The highest BCUT2D eigenvalue weighted by Gasteiger charge is 2.24. The van der Waals surface area contributed by atoms with Gasteiger partial charge in [0.2, 0.25) is 5.91 Å². The maximum atomic E-state index is 12.2. The van der Waals surface area contributed by atoms with E-state index in [1.54, 1.807) is 17.0 Å². The smallest absolute Gasteiger partial charge is 0.256 e. The topological polar surface area (TPSA) is 78.1 Å². The van der Waals surface area contributed by atoms with Gasteiger partial charge in [0.05, 0.1) is 0 Å². The highest BCUT2D eigenvalue weighted by Crippen LogP contribution is 2.29. The first kappa shape index (κ1) is 14.3. The fourth-order valence-electron chi connectivity index (χ4n) is 2.66. The Balaban J connectivity index is 1.79. The number of aromatic nitrogens is 2. The number of hydrogen-bond acceptors (Lipinski definition) is 3. The van der Waals surface area contributed by atoms with Crippen LogP contribution in [0, 0.1) is 6.92 Å². The number of rotatable bonds is 3. The second-order valence-electron chi connectivity index (χ2n) is 5.38. The van der Waals surface area contributed by atoms with Gasteiger partial charge in [0.15, 0.2) is 5.82 Å². The van der Waals surface area contributed by atoms with Crippen molar-refractivity contribution in [3.63, 3.8) is 0 Å². The predicted molar refractivity (Wildman–Crippen MR) is 84.1 cm³/mol. The number of fused-ring (bicyclic) bond motifs is 1. The summed E-state index contributed by atoms with van der Waals surface area (Å²) in [5.41, 5.74) is 3.41. The molecule has 1 aromatic heterocycles. The summed E-state index contributed by atoms with van der Waals surface area (Å²) in [5, 5.41) is 9.53. The largest absolute Gasteiger partial charge is 0.312 e. The van der Waals surface area contributed by atoms with E-state index in [4.69, 9.17) is 0 Å². The van der Waals surface area contributed by atoms with Crippen molar-refractivity contribution in [2.75, 3.05) is 16.8 Å². The minimum Gasteiger partial charge on any atom is -0.312 e. The summed E-state index contributed by atoms with van der Waals surface area (Å²) in [7, 11) is 0. The number of carbonyl (C=O) groups excluding carboxylic acids is 2. The lowest BCUT2D eigenvalue weighted by Gasteiger charge is -2.16. The molecule has 1 aliphatic rings. The van der Waals surface area contributed by atoms with Gasteiger partial charge in [0, 0.05) is 36.0 Å². The summed E-state index contributed by atoms with van der Waals surface area (Å²) in [6, 6.07) is 7.22. The molecule has 22 heavy (non-hydrogen) atoms. The Morgan fingerprint density at radius 2 is 2.18 bits per heavy atom. The molecule has 6 heteroatoms. The molecule has 0 spiro atoms. The normalized spacial score (nSPS) is 13.1. The predicted octanol–water partition coefficient (Wildman–Crippen LogP) is 2.27. The summed E-state index contributed by atoms with van der Waals surface area (Å²) in [6.07, 6.45) is 1.27. The minimum atomic E-state index is -0.199. The van der Waals surface area contributed by atoms with Crippen LogP contribution < -0.4 is 10.2 Å². The van der Waals surface area contributed by atoms with E-state index >= 15 is 0 Å². The molecule has 0 aliphatic carbocycles. The van der Waals surface area contributed by atoms with Crippen molar-refractivity contribution < 1.29 is 9.59 Å². The molecule has 0 atom stereocenters. The van der Waals surface area contributed by atoms with Crippen molar-refractivity contribution in [2.45, 2.75) is 26.7 Å². The second-order valence-corrected chi connectivity index (χ2v) is 5.38. The zero-order valence-electron chi connectivity index (χ0n) is 12.6. The van der Waals surface area contributed by atoms with E-state index in [0.717, 1.165) is 23.4 Å². The van der Waals surface area contributed by atoms with Gasteiger partial charge in [0.25, 0.3) is 5.91 Å². The molecular weight excluding hydrogens is 280 g/mol. The third-order valence-electron chi connectivity index (χ3n) is 3.79. The van der Waals surface area contributed by atoms with Crippen molar-refractivity contribution in [3.05, 3.63) is 41.1 Å². The summed E-state index contributed by atoms with van der Waals surface area (Å²) in [5.74, 6) is 0.420. The van der Waals surface area contributed by atoms with Crippen LogP contribution in [-0.4, -0.2) is 28.6 Å². The highest BCUT2D eigenvalue weighted by molar-refractivity contribution is 6.05. The number of carbonyl (C=O) groups is 2. The second kappa shape index (κ2) is 5.63. The van der Waals surface area contributed by atoms with Crippen LogP contribution in [0.3, 0.4) is 0 Å². The van der Waals surface area contributed by atoms with E-state index in [-0.39, 0.29) is 11.8 Å². The van der Waals surface area contributed by atoms with E-state index in [1.807, 2.05) is 26.0 Å². The standard InChI is InChI=1S/C16H18N4O2/c1-3-15(21)20-7-6-11-9-12(4-5-13(11)20)16(22)17-14-8-10(2)18-19-14/h4-5,8-9H,3,6-7H2,1-2H3,(H2,17,18,19,22). The zero-order valence-corrected chi connectivity index (χ0v) is 12.6. The van der Waals surface area contributed by atoms with Gasteiger partial charge in [0.1, 0.15) is 0 Å². The van der Waals surface area contributed by atoms with E-state index in [1.165, 1.54) is 0 Å². The van der Waals surface area contributed by atoms with Crippen molar-refractivity contribution in [2.24, 2.45) is 0 Å². The monoisotopic (exact) mass is 298 g/mol. The number of aryl methyl sites for hydroxylation is 1. The SMILES string of the molecule is CCC(=O)N1CCc2cc(C(=O)Nc3cc(C)[nH]n3)ccc21. The highest BCUT2D eigenvalue weighted by atomic mass is 16.2. The van der Waals surface area contributed by atoms with Gasteiger partial charge in [-0.25, -0.2) is 0 Å². The molecule has 3 rings (SSSR count). The van der Waals surface area contributed by atoms with Gasteiger partial charge < -0.3 is 10.2 Å². The fraction of sp³-hybridized carbons (Fsp3) is 0.312. The molecule has 0 bridgehead atoms. The van der Waals surface area contributed by atoms with E-state index in [9.17, 15) is 9.59 Å². The molecule has 2 heterocycles. The molecule has 0 saturated heterocycles. The van der Waals surface area contributed by atoms with Gasteiger partial charge in [-0.2, -0.15) is 5.10 Å². The number of nitrogens with zero attached hydrogens (tertiary/aromatic N) is 2. The molecule has 2 amide bonds. The molecule has 0 unspecified atom stereocenters. The van der Waals surface area contributed by atoms with Crippen LogP contribution in [0.25, 0.3) is 0 Å². The quantitative estimate of drug-likeness (QED) is 0.912. The summed E-state index contributed by atoms with van der Waals surface area (Å²) in [6.45, 7) is 4.41. The molecule has 0 saturated carbocycles. The average Bonchev–Trinajstić information content (AvgIpc) is 3.11. The third kappa shape index (κ3) is 2.59. The van der Waals surface area contributed by atoms with Crippen molar-refractivity contribution >= 4 is 23.3 Å². The molecule has 1 aromatic carbocycles. The molecular formula is C16H18N4O2. The lowest BCUT2D eigenvalue weighted by Crippen LogP contribution is -2.27. The van der Waals surface area contributed by atoms with Gasteiger partial charge in [-0.1, -0.05) is 6.92 Å². The summed E-state index contributed by atoms with van der Waals surface area (Å²) >= 11 is 0. The number of aromatic amines is 1. The first-order valence-electron chi connectivity index (χ1n) is 7.35. The van der Waals surface area contributed by atoms with Crippen molar-refractivity contribution in [3.8, 4) is 0 Å². The number of H-pyrrole nitrogens is 1. The number of amides is 2. The summed E-state index contributed by atoms with van der Waals surface area (Å²) in [4.78, 5) is 25.9. The van der Waals surface area contributed by atoms with Crippen LogP contribution in [0.15, 0.2) is 24.3 Å². The third-order valence-corrected chi connectivity index (χ3v) is 3.79. The van der Waals surface area contributed by atoms with E-state index in [2.05, 4.69) is 15.5 Å². The lowest BCUT2D eigenvalue weighted by atomic mass is 10.1. The van der Waals surface area contributed by atoms with Crippen molar-refractivity contribution in [1.29, 1.82) is 0 Å². The van der Waals surface area contributed by atoms with Gasteiger partial charge in [-0.15, -0.1) is 0 Å². The first-order chi connectivity index (χ1) is 10.6. The Morgan fingerprint density at radius 1 is 1.36 bits per heavy atom. The molecule has 114 valence electrons. The number of benzene rings is 1. The lowest BCUT2D eigenvalue weighted by molar-refractivity contribution is -0.118. The first-order valence-corrected chi connectivity index (χ1v) is 7.35. The van der Waals surface area contributed by atoms with Crippen LogP contribution in [0.5, 0.6) is 0 Å². The number of hydrogen-bond donors (Lipinski definition) is 2. The van der Waals surface area contributed by atoms with Crippen LogP contribution in [0.1, 0.15) is 35.0 Å². The number of nitrogens with one attached hydrogen (secondary N) is 2. The zero-order chi connectivity index (χ0) is 15.7. The molecule has 1 aliphatic heterocycles. The molecule has 2 aromatic rings. The minimum absolute atomic E-state index is 0.114. The van der Waals surface area contributed by atoms with Crippen LogP contribution >= 0.6 is 0 Å². The maximum Gasteiger partial charge on any atom is 0.256 e. The van der Waals surface area contributed by atoms with Gasteiger partial charge in [-0.05, 0) is 37.1 Å². The summed E-state index contributed by atoms with van der Waals surface area (Å²) < 4.78 is 0. The van der Waals surface area contributed by atoms with Crippen LogP contribution in [-0.2, 0) is 11.2 Å². The Hall–Kier alpha value is -2.63. The van der Waals surface area contributed by atoms with Gasteiger partial charge in [-0.3, -0.25) is 14.7 Å². The number of anilines is 2.